The molecule has 166 valence electrons. The van der Waals surface area contributed by atoms with Crippen molar-refractivity contribution in [3.63, 3.8) is 0 Å². The van der Waals surface area contributed by atoms with Gasteiger partial charge in [-0.05, 0) is 24.3 Å². The van der Waals surface area contributed by atoms with Crippen molar-refractivity contribution in [1.29, 1.82) is 0 Å². The Morgan fingerprint density at radius 1 is 1.03 bits per heavy atom. The van der Waals surface area contributed by atoms with Crippen LogP contribution >= 0.6 is 11.6 Å². The topological polar surface area (TPSA) is 147 Å². The van der Waals surface area contributed by atoms with Crippen LogP contribution in [-0.2, 0) is 16.3 Å². The normalized spacial score (nSPS) is 11.1. The largest absolute Gasteiger partial charge is 0.382 e. The van der Waals surface area contributed by atoms with Crippen molar-refractivity contribution in [3.05, 3.63) is 75.9 Å². The molecule has 0 spiro atoms. The zero-order valence-corrected chi connectivity index (χ0v) is 18.9. The number of fused-ring (bicyclic) bond motifs is 1. The Morgan fingerprint density at radius 2 is 1.72 bits per heavy atom. The van der Waals surface area contributed by atoms with Crippen molar-refractivity contribution in [1.82, 2.24) is 19.5 Å². The van der Waals surface area contributed by atoms with Crippen LogP contribution in [0.4, 0.5) is 11.8 Å². The first-order chi connectivity index (χ1) is 15.1. The lowest BCUT2D eigenvalue weighted by Crippen LogP contribution is -2.23. The molecule has 0 amide bonds. The van der Waals surface area contributed by atoms with Crippen LogP contribution in [-0.4, -0.2) is 34.2 Å². The highest BCUT2D eigenvalue weighted by atomic mass is 35.5. The van der Waals surface area contributed by atoms with Gasteiger partial charge in [-0.15, -0.1) is 0 Å². The van der Waals surface area contributed by atoms with Gasteiger partial charge in [-0.2, -0.15) is 4.98 Å². The summed E-state index contributed by atoms with van der Waals surface area (Å²) in [4.78, 5) is 24.3. The second-order valence-electron chi connectivity index (χ2n) is 6.74. The molecule has 9 nitrogen and oxygen atoms in total. The average Bonchev–Trinajstić information content (AvgIpc) is 2.73. The number of nitrogens with two attached hydrogens (primary N) is 2. The van der Waals surface area contributed by atoms with Gasteiger partial charge in [-0.1, -0.05) is 42.8 Å². The minimum absolute atomic E-state index is 0.0418. The van der Waals surface area contributed by atoms with Gasteiger partial charge in [-0.3, -0.25) is 9.36 Å². The number of nitrogen functional groups attached to an aromatic ring is 2. The fourth-order valence-corrected chi connectivity index (χ4v) is 3.92. The number of para-hydroxylation sites is 1. The smallest absolute Gasteiger partial charge is 0.267 e. The molecule has 0 aliphatic rings. The van der Waals surface area contributed by atoms with E-state index in [2.05, 4.69) is 15.0 Å². The highest BCUT2D eigenvalue weighted by Gasteiger charge is 2.14. The number of hydrogen-bond donors (Lipinski definition) is 2. The molecule has 0 aliphatic carbocycles. The molecule has 32 heavy (non-hydrogen) atoms. The van der Waals surface area contributed by atoms with Crippen molar-refractivity contribution >= 4 is 44.1 Å². The molecule has 4 rings (SSSR count). The number of aromatic nitrogens is 4. The van der Waals surface area contributed by atoms with Gasteiger partial charge in [0.15, 0.2) is 9.84 Å². The molecular formula is C21H21ClN6O3S. The Bertz CT molecular complexity index is 1440. The number of benzene rings is 2. The Labute approximate surface area is 189 Å². The zero-order chi connectivity index (χ0) is 23.5. The Morgan fingerprint density at radius 3 is 2.31 bits per heavy atom. The van der Waals surface area contributed by atoms with Crippen molar-refractivity contribution in [3.8, 4) is 5.69 Å². The number of rotatable bonds is 3. The molecule has 0 saturated heterocycles. The quantitative estimate of drug-likeness (QED) is 0.462. The summed E-state index contributed by atoms with van der Waals surface area (Å²) >= 11 is 6.16. The van der Waals surface area contributed by atoms with Crippen LogP contribution in [0, 0.1) is 0 Å². The number of sulfone groups is 1. The first-order valence-electron chi connectivity index (χ1n) is 9.47. The molecule has 0 bridgehead atoms. The first-order valence-corrected chi connectivity index (χ1v) is 11.7. The van der Waals surface area contributed by atoms with Crippen LogP contribution in [0.25, 0.3) is 16.6 Å². The molecule has 0 aliphatic heterocycles. The van der Waals surface area contributed by atoms with Crippen LogP contribution in [0.15, 0.2) is 64.4 Å². The minimum atomic E-state index is -3.36. The van der Waals surface area contributed by atoms with E-state index < -0.39 is 9.84 Å². The van der Waals surface area contributed by atoms with Crippen LogP contribution in [0.2, 0.25) is 5.02 Å². The molecule has 0 atom stereocenters. The molecule has 2 aromatic heterocycles. The van der Waals surface area contributed by atoms with Crippen LogP contribution in [0.5, 0.6) is 0 Å². The summed E-state index contributed by atoms with van der Waals surface area (Å²) < 4.78 is 23.6. The second-order valence-corrected chi connectivity index (χ2v) is 9.13. The van der Waals surface area contributed by atoms with Crippen LogP contribution < -0.4 is 17.0 Å². The summed E-state index contributed by atoms with van der Waals surface area (Å²) in [5.74, 6) is 0.570. The van der Waals surface area contributed by atoms with Crippen molar-refractivity contribution < 1.29 is 8.42 Å². The average molecular weight is 473 g/mol. The molecule has 11 heteroatoms. The lowest BCUT2D eigenvalue weighted by Gasteiger charge is -2.12. The van der Waals surface area contributed by atoms with E-state index in [4.69, 9.17) is 23.1 Å². The van der Waals surface area contributed by atoms with Gasteiger partial charge in [0.2, 0.25) is 5.95 Å². The van der Waals surface area contributed by atoms with Gasteiger partial charge in [0.25, 0.3) is 5.56 Å². The molecular weight excluding hydrogens is 452 g/mol. The maximum absolute atomic E-state index is 12.8. The monoisotopic (exact) mass is 472 g/mol. The van der Waals surface area contributed by atoms with Crippen LogP contribution in [0.1, 0.15) is 12.7 Å². The van der Waals surface area contributed by atoms with Gasteiger partial charge in [0.1, 0.15) is 16.5 Å². The number of hydrogen-bond acceptors (Lipinski definition) is 8. The molecule has 4 N–H and O–H groups in total. The molecule has 0 fully saturated rings. The van der Waals surface area contributed by atoms with E-state index in [0.29, 0.717) is 22.3 Å². The molecule has 0 radical (unpaired) electrons. The van der Waals surface area contributed by atoms with Crippen molar-refractivity contribution in [2.24, 2.45) is 0 Å². The van der Waals surface area contributed by atoms with E-state index in [1.165, 1.54) is 0 Å². The van der Waals surface area contributed by atoms with Gasteiger partial charge in [0, 0.05) is 12.7 Å². The van der Waals surface area contributed by atoms with Crippen molar-refractivity contribution in [2.45, 2.75) is 18.2 Å². The molecule has 4 aromatic rings. The maximum atomic E-state index is 12.8. The highest BCUT2D eigenvalue weighted by Crippen LogP contribution is 2.20. The Kier molecular flexibility index (Phi) is 6.75. The van der Waals surface area contributed by atoms with E-state index >= 15 is 0 Å². The summed E-state index contributed by atoms with van der Waals surface area (Å²) in [5, 5.41) is 0.905. The standard InChI is InChI=1S/C16H13ClN2O.C5H8N4O2S/c1-2-14-18-13-10-6-9-12(17)15(13)16(20)19(14)11-7-4-3-5-8-11;1-12(10,11)3-2-8-5(7)9-4(3)6/h3-10H,2H2,1H3;2H,1H3,(H4,6,7,8,9). The van der Waals surface area contributed by atoms with Gasteiger partial charge >= 0.3 is 0 Å². The summed E-state index contributed by atoms with van der Waals surface area (Å²) in [6.45, 7) is 1.98. The van der Waals surface area contributed by atoms with Crippen molar-refractivity contribution in [2.75, 3.05) is 17.7 Å². The highest BCUT2D eigenvalue weighted by molar-refractivity contribution is 7.90. The Hall–Kier alpha value is -3.50. The molecule has 2 aromatic carbocycles. The summed E-state index contributed by atoms with van der Waals surface area (Å²) in [6.07, 6.45) is 2.79. The van der Waals surface area contributed by atoms with Gasteiger partial charge in [0.05, 0.1) is 27.8 Å². The predicted molar refractivity (Wildman–Crippen MR) is 126 cm³/mol. The number of aryl methyl sites for hydroxylation is 1. The third-order valence-electron chi connectivity index (χ3n) is 4.45. The lowest BCUT2D eigenvalue weighted by atomic mass is 10.2. The molecule has 0 unspecified atom stereocenters. The van der Waals surface area contributed by atoms with E-state index in [1.807, 2.05) is 49.4 Å². The summed E-state index contributed by atoms with van der Waals surface area (Å²) in [5.41, 5.74) is 11.8. The Balaban J connectivity index is 0.000000207. The van der Waals surface area contributed by atoms with E-state index in [0.717, 1.165) is 24.0 Å². The van der Waals surface area contributed by atoms with Gasteiger partial charge in [-0.25, -0.2) is 18.4 Å². The molecule has 2 heterocycles. The van der Waals surface area contributed by atoms with E-state index in [-0.39, 0.29) is 22.2 Å². The van der Waals surface area contributed by atoms with Crippen LogP contribution in [0.3, 0.4) is 0 Å². The number of nitrogens with zero attached hydrogens (tertiary/aromatic N) is 4. The first kappa shape index (κ1) is 23.2. The SMILES string of the molecule is CCc1nc2cccc(Cl)c2c(=O)n1-c1ccccc1.CS(=O)(=O)c1cnc(N)nc1N. The second kappa shape index (κ2) is 9.33. The maximum Gasteiger partial charge on any atom is 0.267 e. The van der Waals surface area contributed by atoms with E-state index in [9.17, 15) is 13.2 Å². The predicted octanol–water partition coefficient (Wildman–Crippen LogP) is 2.65. The fraction of sp³-hybridized carbons (Fsp3) is 0.143. The lowest BCUT2D eigenvalue weighted by molar-refractivity contribution is 0.601. The summed E-state index contributed by atoms with van der Waals surface area (Å²) in [6, 6.07) is 14.8. The minimum Gasteiger partial charge on any atom is -0.382 e. The van der Waals surface area contributed by atoms with E-state index in [1.54, 1.807) is 10.6 Å². The third-order valence-corrected chi connectivity index (χ3v) is 5.88. The molecule has 0 saturated carbocycles. The summed E-state index contributed by atoms with van der Waals surface area (Å²) in [7, 11) is -3.36. The number of anilines is 2. The third kappa shape index (κ3) is 4.87. The number of halogens is 1. The van der Waals surface area contributed by atoms with Gasteiger partial charge < -0.3 is 11.5 Å². The fourth-order valence-electron chi connectivity index (χ4n) is 3.00. The zero-order valence-electron chi connectivity index (χ0n) is 17.4.